The second kappa shape index (κ2) is 3.87. The predicted octanol–water partition coefficient (Wildman–Crippen LogP) is 2.87. The van der Waals surface area contributed by atoms with Gasteiger partial charge in [0.2, 0.25) is 0 Å². The highest BCUT2D eigenvalue weighted by molar-refractivity contribution is 5.52. The first-order valence-electron chi connectivity index (χ1n) is 5.86. The zero-order valence-electron chi connectivity index (χ0n) is 10.1. The van der Waals surface area contributed by atoms with Gasteiger partial charge in [-0.1, -0.05) is 13.8 Å². The first-order chi connectivity index (χ1) is 7.08. The molecule has 0 aliphatic heterocycles. The lowest BCUT2D eigenvalue weighted by atomic mass is 9.73. The Kier molecular flexibility index (Phi) is 2.72. The van der Waals surface area contributed by atoms with Gasteiger partial charge in [0.05, 0.1) is 17.1 Å². The van der Waals surface area contributed by atoms with Crippen molar-refractivity contribution in [2.24, 2.45) is 11.8 Å². The van der Waals surface area contributed by atoms with Crippen LogP contribution in [-0.2, 0) is 0 Å². The van der Waals surface area contributed by atoms with Crippen molar-refractivity contribution in [3.8, 4) is 0 Å². The van der Waals surface area contributed by atoms with Gasteiger partial charge in [0.1, 0.15) is 0 Å². The molecular formula is C12H21N3. The summed E-state index contributed by atoms with van der Waals surface area (Å²) >= 11 is 0. The van der Waals surface area contributed by atoms with Crippen molar-refractivity contribution in [2.75, 3.05) is 5.32 Å². The van der Waals surface area contributed by atoms with E-state index in [2.05, 4.69) is 36.3 Å². The summed E-state index contributed by atoms with van der Waals surface area (Å²) < 4.78 is 0. The van der Waals surface area contributed by atoms with Gasteiger partial charge in [-0.15, -0.1) is 0 Å². The largest absolute Gasteiger partial charge is 0.379 e. The van der Waals surface area contributed by atoms with Crippen LogP contribution < -0.4 is 5.32 Å². The van der Waals surface area contributed by atoms with Gasteiger partial charge < -0.3 is 5.32 Å². The van der Waals surface area contributed by atoms with Gasteiger partial charge in [0.15, 0.2) is 0 Å². The maximum Gasteiger partial charge on any atom is 0.0825 e. The minimum absolute atomic E-state index is 0.660. The number of aromatic amines is 1. The average molecular weight is 207 g/mol. The van der Waals surface area contributed by atoms with Crippen LogP contribution in [0.4, 0.5) is 5.69 Å². The third-order valence-corrected chi connectivity index (χ3v) is 3.59. The number of nitrogens with one attached hydrogen (secondary N) is 2. The number of aromatic nitrogens is 2. The standard InChI is InChI=1S/C12H21N3/c1-7(2)10-5-11(6-10)13-12-8(3)14-15-9(12)4/h7,10-11,13H,5-6H2,1-4H3,(H,14,15). The van der Waals surface area contributed by atoms with Gasteiger partial charge in [0, 0.05) is 6.04 Å². The smallest absolute Gasteiger partial charge is 0.0825 e. The van der Waals surface area contributed by atoms with E-state index in [1.54, 1.807) is 0 Å². The van der Waals surface area contributed by atoms with Crippen molar-refractivity contribution in [3.63, 3.8) is 0 Å². The van der Waals surface area contributed by atoms with Gasteiger partial charge in [0.25, 0.3) is 0 Å². The van der Waals surface area contributed by atoms with E-state index in [0.717, 1.165) is 23.2 Å². The lowest BCUT2D eigenvalue weighted by Gasteiger charge is -2.39. The first kappa shape index (κ1) is 10.5. The Bertz CT molecular complexity index is 315. The number of H-pyrrole nitrogens is 1. The summed E-state index contributed by atoms with van der Waals surface area (Å²) in [6, 6.07) is 0.660. The van der Waals surface area contributed by atoms with Crippen LogP contribution in [0.5, 0.6) is 0 Å². The Morgan fingerprint density at radius 2 is 2.00 bits per heavy atom. The Morgan fingerprint density at radius 3 is 2.47 bits per heavy atom. The van der Waals surface area contributed by atoms with Crippen LogP contribution in [0.3, 0.4) is 0 Å². The molecule has 0 aromatic carbocycles. The number of hydrogen-bond acceptors (Lipinski definition) is 2. The van der Waals surface area contributed by atoms with Gasteiger partial charge in [-0.3, -0.25) is 5.10 Å². The molecule has 0 saturated heterocycles. The highest BCUT2D eigenvalue weighted by Gasteiger charge is 2.31. The third-order valence-electron chi connectivity index (χ3n) is 3.59. The summed E-state index contributed by atoms with van der Waals surface area (Å²) in [5.74, 6) is 1.74. The van der Waals surface area contributed by atoms with Gasteiger partial charge >= 0.3 is 0 Å². The van der Waals surface area contributed by atoms with E-state index in [1.807, 2.05) is 6.92 Å². The molecule has 0 atom stereocenters. The molecule has 0 unspecified atom stereocenters. The van der Waals surface area contributed by atoms with Gasteiger partial charge in [-0.2, -0.15) is 5.10 Å². The molecule has 2 N–H and O–H groups in total. The maximum absolute atomic E-state index is 4.19. The summed E-state index contributed by atoms with van der Waals surface area (Å²) in [4.78, 5) is 0. The minimum atomic E-state index is 0.660. The maximum atomic E-state index is 4.19. The van der Waals surface area contributed by atoms with Crippen LogP contribution in [0.25, 0.3) is 0 Å². The monoisotopic (exact) mass is 207 g/mol. The average Bonchev–Trinajstić information content (AvgIpc) is 2.39. The SMILES string of the molecule is Cc1n[nH]c(C)c1NC1CC(C(C)C)C1. The van der Waals surface area contributed by atoms with E-state index in [4.69, 9.17) is 0 Å². The lowest BCUT2D eigenvalue weighted by molar-refractivity contribution is 0.211. The van der Waals surface area contributed by atoms with E-state index in [0.29, 0.717) is 6.04 Å². The molecule has 1 aliphatic carbocycles. The molecule has 0 amide bonds. The van der Waals surface area contributed by atoms with E-state index in [-0.39, 0.29) is 0 Å². The van der Waals surface area contributed by atoms with E-state index in [9.17, 15) is 0 Å². The summed E-state index contributed by atoms with van der Waals surface area (Å²) in [7, 11) is 0. The Hall–Kier alpha value is -0.990. The number of hydrogen-bond donors (Lipinski definition) is 2. The van der Waals surface area contributed by atoms with Crippen molar-refractivity contribution in [1.82, 2.24) is 10.2 Å². The fourth-order valence-corrected chi connectivity index (χ4v) is 2.29. The molecule has 0 spiro atoms. The number of nitrogens with zero attached hydrogens (tertiary/aromatic N) is 1. The van der Waals surface area contributed by atoms with Gasteiger partial charge in [-0.25, -0.2) is 0 Å². The van der Waals surface area contributed by atoms with E-state index < -0.39 is 0 Å². The van der Waals surface area contributed by atoms with E-state index in [1.165, 1.54) is 18.5 Å². The van der Waals surface area contributed by atoms with Crippen molar-refractivity contribution < 1.29 is 0 Å². The molecule has 1 aromatic heterocycles. The molecule has 1 aliphatic rings. The normalized spacial score (nSPS) is 25.4. The molecule has 0 bridgehead atoms. The first-order valence-corrected chi connectivity index (χ1v) is 5.86. The number of anilines is 1. The molecule has 15 heavy (non-hydrogen) atoms. The third kappa shape index (κ3) is 2.01. The fraction of sp³-hybridized carbons (Fsp3) is 0.750. The molecular weight excluding hydrogens is 186 g/mol. The fourth-order valence-electron chi connectivity index (χ4n) is 2.29. The zero-order chi connectivity index (χ0) is 11.0. The van der Waals surface area contributed by atoms with Crippen LogP contribution in [-0.4, -0.2) is 16.2 Å². The molecule has 1 saturated carbocycles. The quantitative estimate of drug-likeness (QED) is 0.800. The van der Waals surface area contributed by atoms with Crippen LogP contribution in [0.15, 0.2) is 0 Å². The molecule has 1 fully saturated rings. The molecule has 2 rings (SSSR count). The summed E-state index contributed by atoms with van der Waals surface area (Å²) in [5, 5.41) is 10.8. The minimum Gasteiger partial charge on any atom is -0.379 e. The summed E-state index contributed by atoms with van der Waals surface area (Å²) in [6.45, 7) is 8.75. The van der Waals surface area contributed by atoms with Crippen LogP contribution in [0.1, 0.15) is 38.1 Å². The van der Waals surface area contributed by atoms with E-state index >= 15 is 0 Å². The van der Waals surface area contributed by atoms with Crippen molar-refractivity contribution in [3.05, 3.63) is 11.4 Å². The second-order valence-electron chi connectivity index (χ2n) is 5.13. The second-order valence-corrected chi connectivity index (χ2v) is 5.13. The lowest BCUT2D eigenvalue weighted by Crippen LogP contribution is -2.38. The molecule has 3 heteroatoms. The van der Waals surface area contributed by atoms with Gasteiger partial charge in [-0.05, 0) is 38.5 Å². The summed E-state index contributed by atoms with van der Waals surface area (Å²) in [6.07, 6.45) is 2.61. The summed E-state index contributed by atoms with van der Waals surface area (Å²) in [5.41, 5.74) is 3.45. The molecule has 0 radical (unpaired) electrons. The molecule has 3 nitrogen and oxygen atoms in total. The highest BCUT2D eigenvalue weighted by atomic mass is 15.2. The Labute approximate surface area is 91.7 Å². The highest BCUT2D eigenvalue weighted by Crippen LogP contribution is 2.36. The molecule has 1 aromatic rings. The molecule has 84 valence electrons. The number of rotatable bonds is 3. The topological polar surface area (TPSA) is 40.7 Å². The Balaban J connectivity index is 1.90. The zero-order valence-corrected chi connectivity index (χ0v) is 10.1. The van der Waals surface area contributed by atoms with Crippen molar-refractivity contribution in [1.29, 1.82) is 0 Å². The van der Waals surface area contributed by atoms with Crippen molar-refractivity contribution >= 4 is 5.69 Å². The van der Waals surface area contributed by atoms with Crippen LogP contribution >= 0.6 is 0 Å². The molecule has 1 heterocycles. The Morgan fingerprint density at radius 1 is 1.33 bits per heavy atom. The van der Waals surface area contributed by atoms with Crippen molar-refractivity contribution in [2.45, 2.75) is 46.6 Å². The predicted molar refractivity (Wildman–Crippen MR) is 63.0 cm³/mol. The van der Waals surface area contributed by atoms with Crippen LogP contribution in [0.2, 0.25) is 0 Å². The van der Waals surface area contributed by atoms with Crippen LogP contribution in [0, 0.1) is 25.7 Å². The number of aryl methyl sites for hydroxylation is 2.